The molecule has 0 saturated heterocycles. The van der Waals surface area contributed by atoms with Gasteiger partial charge in [0.05, 0.1) is 5.38 Å². The number of thiophene rings is 1. The second-order valence-corrected chi connectivity index (χ2v) is 6.43. The highest BCUT2D eigenvalue weighted by atomic mass is 35.5. The Morgan fingerprint density at radius 3 is 2.58 bits per heavy atom. The fourth-order valence-electron chi connectivity index (χ4n) is 2.29. The Labute approximate surface area is 122 Å². The van der Waals surface area contributed by atoms with Crippen LogP contribution in [0, 0.1) is 6.92 Å². The van der Waals surface area contributed by atoms with Crippen LogP contribution in [0.5, 0.6) is 0 Å². The lowest BCUT2D eigenvalue weighted by Crippen LogP contribution is -1.95. The van der Waals surface area contributed by atoms with Crippen molar-refractivity contribution >= 4 is 33.0 Å². The molecule has 0 N–H and O–H groups in total. The fraction of sp³-hybridized carbons (Fsp3) is 0.176. The van der Waals surface area contributed by atoms with Crippen molar-refractivity contribution in [2.45, 2.75) is 18.7 Å². The second-order valence-electron chi connectivity index (χ2n) is 4.78. The van der Waals surface area contributed by atoms with Crippen LogP contribution < -0.4 is 0 Å². The van der Waals surface area contributed by atoms with Gasteiger partial charge in [-0.2, -0.15) is 0 Å². The summed E-state index contributed by atoms with van der Waals surface area (Å²) in [6.45, 7) is 2.14. The van der Waals surface area contributed by atoms with E-state index in [1.165, 1.54) is 26.1 Å². The van der Waals surface area contributed by atoms with Gasteiger partial charge < -0.3 is 0 Å². The van der Waals surface area contributed by atoms with Crippen LogP contribution in [0.4, 0.5) is 0 Å². The molecule has 1 atom stereocenters. The average Bonchev–Trinajstić information content (AvgIpc) is 2.85. The predicted octanol–water partition coefficient (Wildman–Crippen LogP) is 5.73. The lowest BCUT2D eigenvalue weighted by atomic mass is 10.0. The second kappa shape index (κ2) is 5.36. The number of aryl methyl sites for hydroxylation is 1. The standard InChI is InChI=1S/C17H15ClS/c1-12-6-2-3-7-13(12)10-15(18)17-11-14-8-4-5-9-16(14)19-17/h2-9,11,15H,10H2,1H3. The number of fused-ring (bicyclic) bond motifs is 1. The highest BCUT2D eigenvalue weighted by molar-refractivity contribution is 7.19. The van der Waals surface area contributed by atoms with E-state index in [0.29, 0.717) is 0 Å². The molecule has 2 heteroatoms. The van der Waals surface area contributed by atoms with Gasteiger partial charge in [0.25, 0.3) is 0 Å². The van der Waals surface area contributed by atoms with Crippen molar-refractivity contribution in [3.05, 3.63) is 70.6 Å². The van der Waals surface area contributed by atoms with Crippen molar-refractivity contribution in [1.29, 1.82) is 0 Å². The van der Waals surface area contributed by atoms with Gasteiger partial charge in [0.15, 0.2) is 0 Å². The molecule has 0 amide bonds. The van der Waals surface area contributed by atoms with Gasteiger partial charge in [-0.3, -0.25) is 0 Å². The van der Waals surface area contributed by atoms with E-state index in [1.807, 2.05) is 0 Å². The molecule has 3 rings (SSSR count). The minimum absolute atomic E-state index is 0.0542. The number of halogens is 1. The van der Waals surface area contributed by atoms with Gasteiger partial charge in [0.1, 0.15) is 0 Å². The largest absolute Gasteiger partial charge is 0.139 e. The summed E-state index contributed by atoms with van der Waals surface area (Å²) in [5, 5.41) is 1.34. The minimum atomic E-state index is 0.0542. The Bertz CT molecular complexity index is 666. The fourth-order valence-corrected chi connectivity index (χ4v) is 3.69. The lowest BCUT2D eigenvalue weighted by molar-refractivity contribution is 0.930. The number of alkyl halides is 1. The molecule has 0 aliphatic rings. The molecule has 0 saturated carbocycles. The van der Waals surface area contributed by atoms with Crippen molar-refractivity contribution in [2.75, 3.05) is 0 Å². The quantitative estimate of drug-likeness (QED) is 0.539. The van der Waals surface area contributed by atoms with E-state index in [1.54, 1.807) is 11.3 Å². The first kappa shape index (κ1) is 12.7. The minimum Gasteiger partial charge on any atom is -0.139 e. The van der Waals surface area contributed by atoms with Crippen LogP contribution in [0.15, 0.2) is 54.6 Å². The van der Waals surface area contributed by atoms with Crippen LogP contribution in [0.2, 0.25) is 0 Å². The molecular formula is C17H15ClS. The Kier molecular flexibility index (Phi) is 3.58. The van der Waals surface area contributed by atoms with E-state index in [2.05, 4.69) is 61.5 Å². The summed E-state index contributed by atoms with van der Waals surface area (Å²) in [6.07, 6.45) is 0.890. The number of hydrogen-bond acceptors (Lipinski definition) is 1. The molecule has 2 aromatic carbocycles. The molecule has 0 spiro atoms. The third-order valence-corrected chi connectivity index (χ3v) is 5.16. The van der Waals surface area contributed by atoms with Gasteiger partial charge in [-0.15, -0.1) is 22.9 Å². The Morgan fingerprint density at radius 1 is 1.05 bits per heavy atom. The molecule has 96 valence electrons. The first-order valence-corrected chi connectivity index (χ1v) is 7.66. The number of rotatable bonds is 3. The van der Waals surface area contributed by atoms with Crippen LogP contribution in [0.25, 0.3) is 10.1 Å². The number of hydrogen-bond donors (Lipinski definition) is 0. The topological polar surface area (TPSA) is 0 Å². The average molecular weight is 287 g/mol. The molecule has 1 aromatic heterocycles. The molecule has 0 bridgehead atoms. The summed E-state index contributed by atoms with van der Waals surface area (Å²) in [5.74, 6) is 0. The summed E-state index contributed by atoms with van der Waals surface area (Å²) >= 11 is 8.39. The van der Waals surface area contributed by atoms with Crippen molar-refractivity contribution in [3.63, 3.8) is 0 Å². The van der Waals surface area contributed by atoms with Crippen LogP contribution in [0.1, 0.15) is 21.4 Å². The molecule has 0 aliphatic carbocycles. The smallest absolute Gasteiger partial charge is 0.0719 e. The monoisotopic (exact) mass is 286 g/mol. The first-order valence-electron chi connectivity index (χ1n) is 6.41. The van der Waals surface area contributed by atoms with Gasteiger partial charge in [-0.05, 0) is 42.0 Å². The maximum atomic E-state index is 6.59. The van der Waals surface area contributed by atoms with Crippen molar-refractivity contribution in [3.8, 4) is 0 Å². The summed E-state index contributed by atoms with van der Waals surface area (Å²) in [6, 6.07) is 19.1. The van der Waals surface area contributed by atoms with Gasteiger partial charge in [-0.25, -0.2) is 0 Å². The molecule has 1 heterocycles. The summed E-state index contributed by atoms with van der Waals surface area (Å²) < 4.78 is 1.31. The zero-order valence-electron chi connectivity index (χ0n) is 10.8. The molecule has 0 nitrogen and oxygen atoms in total. The zero-order valence-corrected chi connectivity index (χ0v) is 12.3. The molecule has 0 fully saturated rings. The predicted molar refractivity (Wildman–Crippen MR) is 85.3 cm³/mol. The molecule has 1 unspecified atom stereocenters. The maximum absolute atomic E-state index is 6.59. The van der Waals surface area contributed by atoms with E-state index in [-0.39, 0.29) is 5.38 Å². The Balaban J connectivity index is 1.87. The molecule has 19 heavy (non-hydrogen) atoms. The Morgan fingerprint density at radius 2 is 1.79 bits per heavy atom. The summed E-state index contributed by atoms with van der Waals surface area (Å²) in [7, 11) is 0. The summed E-state index contributed by atoms with van der Waals surface area (Å²) in [5.41, 5.74) is 2.65. The summed E-state index contributed by atoms with van der Waals surface area (Å²) in [4.78, 5) is 1.26. The van der Waals surface area contributed by atoms with E-state index >= 15 is 0 Å². The Hall–Kier alpha value is -1.31. The van der Waals surface area contributed by atoms with E-state index in [9.17, 15) is 0 Å². The van der Waals surface area contributed by atoms with E-state index in [0.717, 1.165) is 6.42 Å². The van der Waals surface area contributed by atoms with Crippen LogP contribution >= 0.6 is 22.9 Å². The third kappa shape index (κ3) is 2.68. The third-order valence-electron chi connectivity index (χ3n) is 3.41. The van der Waals surface area contributed by atoms with Crippen molar-refractivity contribution < 1.29 is 0 Å². The van der Waals surface area contributed by atoms with Gasteiger partial charge in [-0.1, -0.05) is 42.5 Å². The maximum Gasteiger partial charge on any atom is 0.0719 e. The molecule has 0 radical (unpaired) electrons. The van der Waals surface area contributed by atoms with Gasteiger partial charge in [0, 0.05) is 9.58 Å². The van der Waals surface area contributed by atoms with E-state index < -0.39 is 0 Å². The molecular weight excluding hydrogens is 272 g/mol. The van der Waals surface area contributed by atoms with Gasteiger partial charge in [0.2, 0.25) is 0 Å². The van der Waals surface area contributed by atoms with Crippen LogP contribution in [-0.2, 0) is 6.42 Å². The SMILES string of the molecule is Cc1ccccc1CC(Cl)c1cc2ccccc2s1. The molecule has 0 aliphatic heterocycles. The number of benzene rings is 2. The molecule has 3 aromatic rings. The zero-order chi connectivity index (χ0) is 13.2. The van der Waals surface area contributed by atoms with Gasteiger partial charge >= 0.3 is 0 Å². The van der Waals surface area contributed by atoms with Crippen molar-refractivity contribution in [1.82, 2.24) is 0 Å². The van der Waals surface area contributed by atoms with E-state index in [4.69, 9.17) is 11.6 Å². The normalized spacial score (nSPS) is 12.7. The van der Waals surface area contributed by atoms with Crippen molar-refractivity contribution in [2.24, 2.45) is 0 Å². The first-order chi connectivity index (χ1) is 9.24. The van der Waals surface area contributed by atoms with Crippen LogP contribution in [-0.4, -0.2) is 0 Å². The highest BCUT2D eigenvalue weighted by Crippen LogP contribution is 2.35. The van der Waals surface area contributed by atoms with Crippen LogP contribution in [0.3, 0.4) is 0 Å². The highest BCUT2D eigenvalue weighted by Gasteiger charge is 2.13. The lowest BCUT2D eigenvalue weighted by Gasteiger charge is -2.09.